The van der Waals surface area contributed by atoms with Gasteiger partial charge in [-0.1, -0.05) is 55.7 Å². The van der Waals surface area contributed by atoms with Crippen LogP contribution in [0.4, 0.5) is 0 Å². The Morgan fingerprint density at radius 1 is 1.35 bits per heavy atom. The van der Waals surface area contributed by atoms with Crippen LogP contribution in [0.3, 0.4) is 0 Å². The van der Waals surface area contributed by atoms with Crippen LogP contribution in [-0.4, -0.2) is 17.8 Å². The molecule has 1 atom stereocenters. The Balaban J connectivity index is 2.09. The number of ether oxygens (including phenoxy) is 1. The molecule has 0 saturated carbocycles. The topological polar surface area (TPSA) is 29.5 Å². The maximum Gasteiger partial charge on any atom is 0.0717 e. The minimum atomic E-state index is -0.234. The molecule has 0 bridgehead atoms. The molecular weight excluding hydrogens is 248 g/mol. The predicted octanol–water partition coefficient (Wildman–Crippen LogP) is 3.70. The van der Waals surface area contributed by atoms with E-state index in [-0.39, 0.29) is 6.10 Å². The van der Waals surface area contributed by atoms with E-state index in [1.54, 1.807) is 0 Å². The van der Waals surface area contributed by atoms with Gasteiger partial charge in [0.05, 0.1) is 19.3 Å². The molecule has 1 N–H and O–H groups in total. The van der Waals surface area contributed by atoms with Crippen molar-refractivity contribution in [3.05, 3.63) is 48.0 Å². The lowest BCUT2D eigenvalue weighted by atomic mass is 10.1. The van der Waals surface area contributed by atoms with Crippen LogP contribution in [0.1, 0.15) is 38.2 Å². The monoisotopic (exact) mass is 272 g/mol. The summed E-state index contributed by atoms with van der Waals surface area (Å²) in [6.07, 6.45) is 2.78. The Morgan fingerprint density at radius 2 is 2.10 bits per heavy atom. The molecule has 0 fully saturated rings. The molecule has 0 aliphatic rings. The van der Waals surface area contributed by atoms with Crippen molar-refractivity contribution in [1.82, 2.24) is 0 Å². The largest absolute Gasteiger partial charge is 0.393 e. The molecule has 0 aromatic heterocycles. The molecule has 1 rings (SSSR count). The molecule has 2 nitrogen and oxygen atoms in total. The van der Waals surface area contributed by atoms with Gasteiger partial charge in [0.1, 0.15) is 0 Å². The van der Waals surface area contributed by atoms with Gasteiger partial charge in [-0.15, -0.1) is 0 Å². The Labute approximate surface area is 122 Å². The first kappa shape index (κ1) is 16.5. The normalized spacial score (nSPS) is 11.5. The summed E-state index contributed by atoms with van der Waals surface area (Å²) in [7, 11) is 0. The van der Waals surface area contributed by atoms with E-state index >= 15 is 0 Å². The SMILES string of the molecule is C=C(C#CCCOCc1ccccc1)CCC(O)CC. The fourth-order valence-electron chi connectivity index (χ4n) is 1.68. The van der Waals surface area contributed by atoms with Gasteiger partial charge in [-0.05, 0) is 30.4 Å². The highest BCUT2D eigenvalue weighted by molar-refractivity contribution is 5.25. The van der Waals surface area contributed by atoms with Crippen LogP contribution in [0.2, 0.25) is 0 Å². The van der Waals surface area contributed by atoms with Gasteiger partial charge in [0, 0.05) is 6.42 Å². The number of hydrogen-bond donors (Lipinski definition) is 1. The fourth-order valence-corrected chi connectivity index (χ4v) is 1.68. The predicted molar refractivity (Wildman–Crippen MR) is 83.2 cm³/mol. The molecule has 20 heavy (non-hydrogen) atoms. The lowest BCUT2D eigenvalue weighted by Crippen LogP contribution is -2.03. The smallest absolute Gasteiger partial charge is 0.0717 e. The molecule has 0 spiro atoms. The Bertz CT molecular complexity index is 439. The summed E-state index contributed by atoms with van der Waals surface area (Å²) in [5, 5.41) is 9.45. The molecule has 1 aromatic carbocycles. The van der Waals surface area contributed by atoms with Gasteiger partial charge in [0.25, 0.3) is 0 Å². The van der Waals surface area contributed by atoms with Crippen LogP contribution in [0.5, 0.6) is 0 Å². The third-order valence-corrected chi connectivity index (χ3v) is 3.00. The van der Waals surface area contributed by atoms with Crippen molar-refractivity contribution in [3.8, 4) is 11.8 Å². The molecular formula is C18H24O2. The quantitative estimate of drug-likeness (QED) is 0.577. The Kier molecular flexibility index (Phi) is 8.46. The average Bonchev–Trinajstić information content (AvgIpc) is 2.49. The second-order valence-corrected chi connectivity index (χ2v) is 4.79. The van der Waals surface area contributed by atoms with Crippen molar-refractivity contribution in [2.75, 3.05) is 6.61 Å². The van der Waals surface area contributed by atoms with E-state index in [4.69, 9.17) is 4.74 Å². The summed E-state index contributed by atoms with van der Waals surface area (Å²) in [5.74, 6) is 6.08. The van der Waals surface area contributed by atoms with E-state index in [1.807, 2.05) is 37.3 Å². The summed E-state index contributed by atoms with van der Waals surface area (Å²) in [6.45, 7) is 7.14. The summed E-state index contributed by atoms with van der Waals surface area (Å²) in [6, 6.07) is 10.1. The highest BCUT2D eigenvalue weighted by Gasteiger charge is 2.00. The van der Waals surface area contributed by atoms with E-state index < -0.39 is 0 Å². The Hall–Kier alpha value is -1.56. The van der Waals surface area contributed by atoms with Crippen molar-refractivity contribution >= 4 is 0 Å². The number of allylic oxidation sites excluding steroid dienone is 1. The lowest BCUT2D eigenvalue weighted by Gasteiger charge is -2.05. The number of benzene rings is 1. The van der Waals surface area contributed by atoms with Gasteiger partial charge >= 0.3 is 0 Å². The highest BCUT2D eigenvalue weighted by atomic mass is 16.5. The first-order valence-electron chi connectivity index (χ1n) is 7.18. The van der Waals surface area contributed by atoms with Gasteiger partial charge in [0.15, 0.2) is 0 Å². The fraction of sp³-hybridized carbons (Fsp3) is 0.444. The molecule has 2 heteroatoms. The van der Waals surface area contributed by atoms with Crippen LogP contribution in [0.25, 0.3) is 0 Å². The van der Waals surface area contributed by atoms with Gasteiger partial charge in [-0.2, -0.15) is 0 Å². The second-order valence-electron chi connectivity index (χ2n) is 4.79. The number of rotatable bonds is 8. The van der Waals surface area contributed by atoms with Gasteiger partial charge in [0.2, 0.25) is 0 Å². The van der Waals surface area contributed by atoms with Crippen molar-refractivity contribution in [2.24, 2.45) is 0 Å². The standard InChI is InChI=1S/C18H24O2/c1-3-18(19)13-12-16(2)9-7-8-14-20-15-17-10-5-4-6-11-17/h4-6,10-11,18-19H,2-3,8,12-15H2,1H3. The number of aliphatic hydroxyl groups excluding tert-OH is 1. The van der Waals surface area contributed by atoms with E-state index in [0.29, 0.717) is 19.6 Å². The molecule has 0 radical (unpaired) electrons. The first-order valence-corrected chi connectivity index (χ1v) is 7.18. The first-order chi connectivity index (χ1) is 9.72. The van der Waals surface area contributed by atoms with Crippen molar-refractivity contribution in [3.63, 3.8) is 0 Å². The highest BCUT2D eigenvalue weighted by Crippen LogP contribution is 2.07. The van der Waals surface area contributed by atoms with Crippen molar-refractivity contribution in [1.29, 1.82) is 0 Å². The van der Waals surface area contributed by atoms with Crippen molar-refractivity contribution in [2.45, 2.75) is 45.3 Å². The Morgan fingerprint density at radius 3 is 2.80 bits per heavy atom. The molecule has 108 valence electrons. The summed E-state index contributed by atoms with van der Waals surface area (Å²) < 4.78 is 5.54. The van der Waals surface area contributed by atoms with Gasteiger partial charge in [-0.25, -0.2) is 0 Å². The molecule has 0 aliphatic carbocycles. The van der Waals surface area contributed by atoms with Gasteiger partial charge < -0.3 is 9.84 Å². The van der Waals surface area contributed by atoms with Gasteiger partial charge in [-0.3, -0.25) is 0 Å². The maximum absolute atomic E-state index is 9.45. The minimum absolute atomic E-state index is 0.234. The average molecular weight is 272 g/mol. The zero-order chi connectivity index (χ0) is 14.6. The maximum atomic E-state index is 9.45. The third kappa shape index (κ3) is 7.78. The van der Waals surface area contributed by atoms with Crippen molar-refractivity contribution < 1.29 is 9.84 Å². The molecule has 0 saturated heterocycles. The second kappa shape index (κ2) is 10.3. The number of aliphatic hydroxyl groups is 1. The van der Waals surface area contributed by atoms with Crippen LogP contribution in [-0.2, 0) is 11.3 Å². The van der Waals surface area contributed by atoms with E-state index in [1.165, 1.54) is 5.56 Å². The molecule has 1 aromatic rings. The van der Waals surface area contributed by atoms with Crippen LogP contribution < -0.4 is 0 Å². The minimum Gasteiger partial charge on any atom is -0.393 e. The molecule has 0 amide bonds. The summed E-state index contributed by atoms with van der Waals surface area (Å²) in [5.41, 5.74) is 2.07. The number of hydrogen-bond acceptors (Lipinski definition) is 2. The summed E-state index contributed by atoms with van der Waals surface area (Å²) >= 11 is 0. The van der Waals surface area contributed by atoms with E-state index in [2.05, 4.69) is 18.4 Å². The summed E-state index contributed by atoms with van der Waals surface area (Å²) in [4.78, 5) is 0. The zero-order valence-electron chi connectivity index (χ0n) is 12.3. The van der Waals surface area contributed by atoms with Crippen LogP contribution in [0.15, 0.2) is 42.5 Å². The van der Waals surface area contributed by atoms with E-state index in [9.17, 15) is 5.11 Å². The van der Waals surface area contributed by atoms with E-state index in [0.717, 1.165) is 24.8 Å². The molecule has 0 aliphatic heterocycles. The van der Waals surface area contributed by atoms with Crippen LogP contribution in [0, 0.1) is 11.8 Å². The van der Waals surface area contributed by atoms with Crippen LogP contribution >= 0.6 is 0 Å². The third-order valence-electron chi connectivity index (χ3n) is 3.00. The molecule has 1 unspecified atom stereocenters. The zero-order valence-corrected chi connectivity index (χ0v) is 12.3. The lowest BCUT2D eigenvalue weighted by molar-refractivity contribution is 0.126. The molecule has 0 heterocycles.